The third-order valence-corrected chi connectivity index (χ3v) is 4.89. The second-order valence-corrected chi connectivity index (χ2v) is 6.86. The molecule has 0 atom stereocenters. The second-order valence-electron chi connectivity index (χ2n) is 6.86. The molecule has 30 heavy (non-hydrogen) atoms. The zero-order valence-corrected chi connectivity index (χ0v) is 16.3. The lowest BCUT2D eigenvalue weighted by Gasteiger charge is -2.17. The van der Waals surface area contributed by atoms with Crippen molar-refractivity contribution in [3.63, 3.8) is 0 Å². The number of carbonyl (C=O) groups excluding carboxylic acids is 1. The van der Waals surface area contributed by atoms with Gasteiger partial charge in [-0.15, -0.1) is 0 Å². The number of hydrogen-bond donors (Lipinski definition) is 2. The van der Waals surface area contributed by atoms with Crippen molar-refractivity contribution in [2.75, 3.05) is 25.6 Å². The lowest BCUT2D eigenvalue weighted by Crippen LogP contribution is -2.15. The molecule has 1 amide bonds. The fraction of sp³-hybridized carbons (Fsp3) is 0.130. The van der Waals surface area contributed by atoms with Gasteiger partial charge in [0.05, 0.1) is 18.1 Å². The standard InChI is InChI=1S/C23H19N3O4/c1-28-17-7-5-14(6-8-17)23(27)24-16-4-2-3-15(11-16)22-25-18-12-20-21(13-19(18)26-22)30-10-9-29-20/h2-8,11-13H,9-10H2,1H3,(H,24,27)(H,25,26). The number of ether oxygens (including phenoxy) is 3. The van der Waals surface area contributed by atoms with Crippen molar-refractivity contribution in [1.29, 1.82) is 0 Å². The van der Waals surface area contributed by atoms with Gasteiger partial charge >= 0.3 is 0 Å². The number of H-pyrrole nitrogens is 1. The summed E-state index contributed by atoms with van der Waals surface area (Å²) in [7, 11) is 1.59. The summed E-state index contributed by atoms with van der Waals surface area (Å²) in [5, 5.41) is 2.92. The Bertz CT molecular complexity index is 1190. The number of fused-ring (bicyclic) bond motifs is 2. The molecule has 0 unspecified atom stereocenters. The van der Waals surface area contributed by atoms with E-state index in [1.165, 1.54) is 0 Å². The minimum Gasteiger partial charge on any atom is -0.497 e. The first-order valence-corrected chi connectivity index (χ1v) is 9.55. The van der Waals surface area contributed by atoms with Gasteiger partial charge < -0.3 is 24.5 Å². The molecule has 1 aliphatic rings. The number of carbonyl (C=O) groups is 1. The van der Waals surface area contributed by atoms with Crippen molar-refractivity contribution in [1.82, 2.24) is 9.97 Å². The molecule has 0 radical (unpaired) electrons. The van der Waals surface area contributed by atoms with Gasteiger partial charge in [-0.2, -0.15) is 0 Å². The molecule has 4 aromatic rings. The first-order valence-electron chi connectivity index (χ1n) is 9.55. The fourth-order valence-electron chi connectivity index (χ4n) is 3.37. The van der Waals surface area contributed by atoms with E-state index in [2.05, 4.69) is 15.3 Å². The third-order valence-electron chi connectivity index (χ3n) is 4.89. The number of anilines is 1. The molecule has 0 spiro atoms. The van der Waals surface area contributed by atoms with Crippen LogP contribution < -0.4 is 19.5 Å². The van der Waals surface area contributed by atoms with Gasteiger partial charge in [0.15, 0.2) is 11.5 Å². The van der Waals surface area contributed by atoms with Gasteiger partial charge in [-0.3, -0.25) is 4.79 Å². The molecule has 2 N–H and O–H groups in total. The second kappa shape index (κ2) is 7.44. The maximum atomic E-state index is 12.5. The van der Waals surface area contributed by atoms with Crippen molar-refractivity contribution in [3.05, 3.63) is 66.2 Å². The summed E-state index contributed by atoms with van der Waals surface area (Å²) >= 11 is 0. The van der Waals surface area contributed by atoms with Gasteiger partial charge in [-0.1, -0.05) is 12.1 Å². The largest absolute Gasteiger partial charge is 0.497 e. The number of aromatic amines is 1. The van der Waals surface area contributed by atoms with Crippen LogP contribution in [0.1, 0.15) is 10.4 Å². The fourth-order valence-corrected chi connectivity index (χ4v) is 3.37. The molecule has 0 fully saturated rings. The van der Waals surface area contributed by atoms with Crippen molar-refractivity contribution >= 4 is 22.6 Å². The molecule has 1 aliphatic heterocycles. The van der Waals surface area contributed by atoms with Gasteiger partial charge in [-0.25, -0.2) is 4.98 Å². The monoisotopic (exact) mass is 401 g/mol. The Morgan fingerprint density at radius 3 is 2.57 bits per heavy atom. The zero-order chi connectivity index (χ0) is 20.5. The Morgan fingerprint density at radius 1 is 1.03 bits per heavy atom. The van der Waals surface area contributed by atoms with Crippen LogP contribution in [0.2, 0.25) is 0 Å². The van der Waals surface area contributed by atoms with Crippen molar-refractivity contribution in [3.8, 4) is 28.6 Å². The lowest BCUT2D eigenvalue weighted by atomic mass is 10.1. The molecule has 150 valence electrons. The van der Waals surface area contributed by atoms with Crippen LogP contribution in [0.4, 0.5) is 5.69 Å². The molecule has 7 nitrogen and oxygen atoms in total. The molecule has 0 aliphatic carbocycles. The lowest BCUT2D eigenvalue weighted by molar-refractivity contribution is 0.102. The van der Waals surface area contributed by atoms with E-state index in [1.54, 1.807) is 31.4 Å². The van der Waals surface area contributed by atoms with E-state index in [0.29, 0.717) is 47.5 Å². The Balaban J connectivity index is 1.40. The number of hydrogen-bond acceptors (Lipinski definition) is 5. The van der Waals surface area contributed by atoms with Crippen LogP contribution in [-0.4, -0.2) is 36.2 Å². The minimum absolute atomic E-state index is 0.193. The van der Waals surface area contributed by atoms with E-state index >= 15 is 0 Å². The van der Waals surface area contributed by atoms with Crippen LogP contribution in [0.25, 0.3) is 22.4 Å². The number of amides is 1. The SMILES string of the molecule is COc1ccc(C(=O)Nc2cccc(-c3nc4cc5c(cc4[nH]3)OCCO5)c2)cc1. The summed E-state index contributed by atoms with van der Waals surface area (Å²) in [4.78, 5) is 20.5. The molecular formula is C23H19N3O4. The van der Waals surface area contributed by atoms with Crippen molar-refractivity contribution in [2.24, 2.45) is 0 Å². The summed E-state index contributed by atoms with van der Waals surface area (Å²) in [6, 6.07) is 18.3. The van der Waals surface area contributed by atoms with Gasteiger partial charge in [-0.05, 0) is 36.4 Å². The minimum atomic E-state index is -0.193. The predicted octanol–water partition coefficient (Wildman–Crippen LogP) is 4.26. The number of imidazole rings is 1. The highest BCUT2D eigenvalue weighted by molar-refractivity contribution is 6.04. The number of rotatable bonds is 4. The van der Waals surface area contributed by atoms with Crippen LogP contribution in [0.5, 0.6) is 17.2 Å². The Hall–Kier alpha value is -4.00. The van der Waals surface area contributed by atoms with Crippen LogP contribution in [-0.2, 0) is 0 Å². The molecule has 0 bridgehead atoms. The third kappa shape index (κ3) is 3.41. The van der Waals surface area contributed by atoms with E-state index in [0.717, 1.165) is 16.6 Å². The average Bonchev–Trinajstić information content (AvgIpc) is 3.20. The smallest absolute Gasteiger partial charge is 0.255 e. The van der Waals surface area contributed by atoms with E-state index in [-0.39, 0.29) is 5.91 Å². The first-order chi connectivity index (χ1) is 14.7. The maximum absolute atomic E-state index is 12.5. The summed E-state index contributed by atoms with van der Waals surface area (Å²) in [5.41, 5.74) is 3.75. The zero-order valence-electron chi connectivity index (χ0n) is 16.3. The normalized spacial score (nSPS) is 12.6. The summed E-state index contributed by atoms with van der Waals surface area (Å²) in [5.74, 6) is 2.63. The van der Waals surface area contributed by atoms with Crippen LogP contribution >= 0.6 is 0 Å². The maximum Gasteiger partial charge on any atom is 0.255 e. The average molecular weight is 401 g/mol. The predicted molar refractivity (Wildman–Crippen MR) is 113 cm³/mol. The molecule has 5 rings (SSSR count). The molecule has 3 aromatic carbocycles. The number of nitrogens with one attached hydrogen (secondary N) is 2. The number of nitrogens with zero attached hydrogens (tertiary/aromatic N) is 1. The van der Waals surface area contributed by atoms with Crippen LogP contribution in [0.15, 0.2) is 60.7 Å². The van der Waals surface area contributed by atoms with E-state index in [9.17, 15) is 4.79 Å². The van der Waals surface area contributed by atoms with Gasteiger partial charge in [0, 0.05) is 28.9 Å². The summed E-state index contributed by atoms with van der Waals surface area (Å²) < 4.78 is 16.4. The van der Waals surface area contributed by atoms with Gasteiger partial charge in [0.25, 0.3) is 5.91 Å². The summed E-state index contributed by atoms with van der Waals surface area (Å²) in [6.45, 7) is 1.07. The molecule has 0 saturated heterocycles. The van der Waals surface area contributed by atoms with Crippen LogP contribution in [0, 0.1) is 0 Å². The van der Waals surface area contributed by atoms with Gasteiger partial charge in [0.2, 0.25) is 0 Å². The van der Waals surface area contributed by atoms with Crippen LogP contribution in [0.3, 0.4) is 0 Å². The molecule has 1 aromatic heterocycles. The molecular weight excluding hydrogens is 382 g/mol. The highest BCUT2D eigenvalue weighted by Gasteiger charge is 2.15. The van der Waals surface area contributed by atoms with E-state index in [4.69, 9.17) is 14.2 Å². The summed E-state index contributed by atoms with van der Waals surface area (Å²) in [6.07, 6.45) is 0. The topological polar surface area (TPSA) is 85.5 Å². The number of aromatic nitrogens is 2. The Kier molecular flexibility index (Phi) is 4.48. The first kappa shape index (κ1) is 18.1. The van der Waals surface area contributed by atoms with E-state index < -0.39 is 0 Å². The molecule has 0 saturated carbocycles. The number of benzene rings is 3. The Labute approximate surface area is 172 Å². The highest BCUT2D eigenvalue weighted by Crippen LogP contribution is 2.35. The van der Waals surface area contributed by atoms with E-state index in [1.807, 2.05) is 36.4 Å². The number of methoxy groups -OCH3 is 1. The quantitative estimate of drug-likeness (QED) is 0.534. The highest BCUT2D eigenvalue weighted by atomic mass is 16.6. The molecule has 7 heteroatoms. The van der Waals surface area contributed by atoms with Crippen molar-refractivity contribution in [2.45, 2.75) is 0 Å². The van der Waals surface area contributed by atoms with Gasteiger partial charge in [0.1, 0.15) is 24.8 Å². The Morgan fingerprint density at radius 2 is 1.80 bits per heavy atom. The molecule has 2 heterocycles. The van der Waals surface area contributed by atoms with Crippen molar-refractivity contribution < 1.29 is 19.0 Å².